The zero-order chi connectivity index (χ0) is 16.2. The van der Waals surface area contributed by atoms with E-state index in [1.165, 1.54) is 19.1 Å². The first kappa shape index (κ1) is 18.3. The Morgan fingerprint density at radius 3 is 2.23 bits per heavy atom. The standard InChI is InChI=1S/C17H25FO4/c1-14(19)21-11-7-5-3-2-4-6-8-12-22-15-9-10-17(20)16(18)13-15/h9-10,13,20H,2-8,11-12H2,1H3. The van der Waals surface area contributed by atoms with Gasteiger partial charge in [-0.1, -0.05) is 32.1 Å². The van der Waals surface area contributed by atoms with Gasteiger partial charge in [0.15, 0.2) is 11.6 Å². The Bertz CT molecular complexity index is 448. The molecule has 0 radical (unpaired) electrons. The minimum atomic E-state index is -0.661. The molecule has 0 saturated heterocycles. The Balaban J connectivity index is 1.91. The third-order valence-corrected chi connectivity index (χ3v) is 3.28. The van der Waals surface area contributed by atoms with E-state index < -0.39 is 5.82 Å². The van der Waals surface area contributed by atoms with Gasteiger partial charge in [0.2, 0.25) is 0 Å². The third kappa shape index (κ3) is 8.49. The fraction of sp³-hybridized carbons (Fsp3) is 0.588. The molecule has 0 amide bonds. The molecule has 0 bridgehead atoms. The summed E-state index contributed by atoms with van der Waals surface area (Å²) in [6, 6.07) is 4.04. The SMILES string of the molecule is CC(=O)OCCCCCCCCCOc1ccc(O)c(F)c1. The van der Waals surface area contributed by atoms with Crippen molar-refractivity contribution in [2.75, 3.05) is 13.2 Å². The molecule has 1 rings (SSSR count). The smallest absolute Gasteiger partial charge is 0.302 e. The summed E-state index contributed by atoms with van der Waals surface area (Å²) in [5, 5.41) is 9.06. The maximum absolute atomic E-state index is 13.1. The zero-order valence-corrected chi connectivity index (χ0v) is 13.1. The lowest BCUT2D eigenvalue weighted by Crippen LogP contribution is -2.00. The lowest BCUT2D eigenvalue weighted by molar-refractivity contribution is -0.141. The van der Waals surface area contributed by atoms with Gasteiger partial charge in [-0.05, 0) is 25.0 Å². The van der Waals surface area contributed by atoms with Crippen molar-refractivity contribution < 1.29 is 23.8 Å². The van der Waals surface area contributed by atoms with Crippen LogP contribution in [0, 0.1) is 5.82 Å². The first-order chi connectivity index (χ1) is 10.6. The average molecular weight is 312 g/mol. The summed E-state index contributed by atoms with van der Waals surface area (Å²) in [5.41, 5.74) is 0. The number of hydrogen-bond donors (Lipinski definition) is 1. The van der Waals surface area contributed by atoms with Gasteiger partial charge >= 0.3 is 5.97 Å². The van der Waals surface area contributed by atoms with E-state index >= 15 is 0 Å². The van der Waals surface area contributed by atoms with E-state index in [4.69, 9.17) is 14.6 Å². The van der Waals surface area contributed by atoms with Crippen LogP contribution in [-0.4, -0.2) is 24.3 Å². The number of carbonyl (C=O) groups is 1. The van der Waals surface area contributed by atoms with Crippen LogP contribution < -0.4 is 4.74 Å². The highest BCUT2D eigenvalue weighted by atomic mass is 19.1. The van der Waals surface area contributed by atoms with E-state index in [2.05, 4.69) is 0 Å². The number of unbranched alkanes of at least 4 members (excludes halogenated alkanes) is 6. The maximum atomic E-state index is 13.1. The van der Waals surface area contributed by atoms with E-state index in [0.717, 1.165) is 44.9 Å². The monoisotopic (exact) mass is 312 g/mol. The third-order valence-electron chi connectivity index (χ3n) is 3.28. The van der Waals surface area contributed by atoms with Crippen molar-refractivity contribution >= 4 is 5.97 Å². The van der Waals surface area contributed by atoms with Gasteiger partial charge in [-0.25, -0.2) is 4.39 Å². The molecule has 22 heavy (non-hydrogen) atoms. The molecule has 0 aliphatic heterocycles. The van der Waals surface area contributed by atoms with Crippen LogP contribution in [0.15, 0.2) is 18.2 Å². The molecule has 5 heteroatoms. The topological polar surface area (TPSA) is 55.8 Å². The fourth-order valence-corrected chi connectivity index (χ4v) is 2.07. The predicted octanol–water partition coefficient (Wildman–Crippen LogP) is 4.20. The minimum Gasteiger partial charge on any atom is -0.505 e. The minimum absolute atomic E-state index is 0.214. The van der Waals surface area contributed by atoms with Crippen molar-refractivity contribution in [2.24, 2.45) is 0 Å². The number of benzene rings is 1. The van der Waals surface area contributed by atoms with Gasteiger partial charge in [0.25, 0.3) is 0 Å². The van der Waals surface area contributed by atoms with Crippen molar-refractivity contribution in [3.63, 3.8) is 0 Å². The van der Waals surface area contributed by atoms with Crippen molar-refractivity contribution in [2.45, 2.75) is 51.9 Å². The van der Waals surface area contributed by atoms with Crippen LogP contribution in [0.1, 0.15) is 51.9 Å². The first-order valence-electron chi connectivity index (χ1n) is 7.84. The molecule has 0 aliphatic carbocycles. The molecule has 0 unspecified atom stereocenters. The quantitative estimate of drug-likeness (QED) is 0.491. The lowest BCUT2D eigenvalue weighted by Gasteiger charge is -2.07. The highest BCUT2D eigenvalue weighted by Crippen LogP contribution is 2.21. The number of esters is 1. The molecule has 124 valence electrons. The zero-order valence-electron chi connectivity index (χ0n) is 13.1. The average Bonchev–Trinajstić information content (AvgIpc) is 2.48. The summed E-state index contributed by atoms with van der Waals surface area (Å²) in [5.74, 6) is -0.790. The number of carbonyl (C=O) groups excluding carboxylic acids is 1. The van der Waals surface area contributed by atoms with Gasteiger partial charge in [0.1, 0.15) is 5.75 Å². The summed E-state index contributed by atoms with van der Waals surface area (Å²) >= 11 is 0. The molecule has 0 heterocycles. The highest BCUT2D eigenvalue weighted by Gasteiger charge is 2.02. The van der Waals surface area contributed by atoms with E-state index in [-0.39, 0.29) is 11.7 Å². The van der Waals surface area contributed by atoms with Crippen molar-refractivity contribution in [3.05, 3.63) is 24.0 Å². The summed E-state index contributed by atoms with van der Waals surface area (Å²) in [6.45, 7) is 2.50. The van der Waals surface area contributed by atoms with Crippen LogP contribution >= 0.6 is 0 Å². The molecule has 0 aromatic heterocycles. The molecule has 4 nitrogen and oxygen atoms in total. The Morgan fingerprint density at radius 1 is 1.05 bits per heavy atom. The lowest BCUT2D eigenvalue weighted by atomic mass is 10.1. The molecule has 0 fully saturated rings. The number of ether oxygens (including phenoxy) is 2. The molecular formula is C17H25FO4. The second-order valence-corrected chi connectivity index (χ2v) is 5.28. The molecule has 1 aromatic carbocycles. The highest BCUT2D eigenvalue weighted by molar-refractivity contribution is 5.65. The van der Waals surface area contributed by atoms with E-state index in [0.29, 0.717) is 19.0 Å². The summed E-state index contributed by atoms with van der Waals surface area (Å²) in [6.07, 6.45) is 7.45. The second-order valence-electron chi connectivity index (χ2n) is 5.28. The van der Waals surface area contributed by atoms with E-state index in [9.17, 15) is 9.18 Å². The van der Waals surface area contributed by atoms with Crippen molar-refractivity contribution in [1.82, 2.24) is 0 Å². The van der Waals surface area contributed by atoms with E-state index in [1.54, 1.807) is 6.07 Å². The van der Waals surface area contributed by atoms with Gasteiger partial charge in [0, 0.05) is 13.0 Å². The fourth-order valence-electron chi connectivity index (χ4n) is 2.07. The van der Waals surface area contributed by atoms with Crippen LogP contribution in [0.25, 0.3) is 0 Å². The van der Waals surface area contributed by atoms with Gasteiger partial charge < -0.3 is 14.6 Å². The summed E-state index contributed by atoms with van der Waals surface area (Å²) in [4.78, 5) is 10.5. The Kier molecular flexibility index (Phi) is 9.03. The largest absolute Gasteiger partial charge is 0.505 e. The van der Waals surface area contributed by atoms with Crippen LogP contribution in [0.4, 0.5) is 4.39 Å². The van der Waals surface area contributed by atoms with Gasteiger partial charge in [-0.15, -0.1) is 0 Å². The van der Waals surface area contributed by atoms with Crippen LogP contribution in [0.2, 0.25) is 0 Å². The number of hydrogen-bond acceptors (Lipinski definition) is 4. The number of halogens is 1. The normalized spacial score (nSPS) is 10.5. The van der Waals surface area contributed by atoms with Crippen LogP contribution in [0.3, 0.4) is 0 Å². The molecule has 0 aliphatic rings. The van der Waals surface area contributed by atoms with Gasteiger partial charge in [-0.3, -0.25) is 4.79 Å². The maximum Gasteiger partial charge on any atom is 0.302 e. The molecule has 1 N–H and O–H groups in total. The van der Waals surface area contributed by atoms with Crippen molar-refractivity contribution in [1.29, 1.82) is 0 Å². The molecule has 0 saturated carbocycles. The first-order valence-corrected chi connectivity index (χ1v) is 7.84. The van der Waals surface area contributed by atoms with Crippen LogP contribution in [-0.2, 0) is 9.53 Å². The number of aromatic hydroxyl groups is 1. The van der Waals surface area contributed by atoms with Gasteiger partial charge in [-0.2, -0.15) is 0 Å². The number of rotatable bonds is 11. The molecule has 0 atom stereocenters. The van der Waals surface area contributed by atoms with Crippen molar-refractivity contribution in [3.8, 4) is 11.5 Å². The summed E-state index contributed by atoms with van der Waals surface area (Å²) in [7, 11) is 0. The number of phenols is 1. The Hall–Kier alpha value is -1.78. The van der Waals surface area contributed by atoms with E-state index in [1.807, 2.05) is 0 Å². The number of phenolic OH excluding ortho intramolecular Hbond substituents is 1. The second kappa shape index (κ2) is 10.9. The Morgan fingerprint density at radius 2 is 1.64 bits per heavy atom. The molecular weight excluding hydrogens is 287 g/mol. The summed E-state index contributed by atoms with van der Waals surface area (Å²) < 4.78 is 23.4. The molecule has 0 spiro atoms. The Labute approximate surface area is 131 Å². The predicted molar refractivity (Wildman–Crippen MR) is 82.5 cm³/mol. The van der Waals surface area contributed by atoms with Crippen LogP contribution in [0.5, 0.6) is 11.5 Å². The molecule has 1 aromatic rings. The van der Waals surface area contributed by atoms with Gasteiger partial charge in [0.05, 0.1) is 13.2 Å².